The third kappa shape index (κ3) is 4.67. The lowest BCUT2D eigenvalue weighted by molar-refractivity contribution is -0.121. The molecule has 0 aliphatic heterocycles. The van der Waals surface area contributed by atoms with Gasteiger partial charge in [0.05, 0.1) is 24.6 Å². The van der Waals surface area contributed by atoms with Crippen molar-refractivity contribution >= 4 is 11.7 Å². The summed E-state index contributed by atoms with van der Waals surface area (Å²) in [7, 11) is 3.45. The molecule has 1 rings (SSSR count). The molecule has 0 aliphatic carbocycles. The van der Waals surface area contributed by atoms with Gasteiger partial charge in [0.1, 0.15) is 5.82 Å². The Labute approximate surface area is 108 Å². The van der Waals surface area contributed by atoms with Crippen LogP contribution in [0.3, 0.4) is 0 Å². The second kappa shape index (κ2) is 7.60. The number of nitrogens with one attached hydrogen (secondary N) is 2. The molecule has 0 unspecified atom stereocenters. The molecular formula is C12H21N5O. The van der Waals surface area contributed by atoms with Gasteiger partial charge in [-0.05, 0) is 13.0 Å². The first-order valence-corrected chi connectivity index (χ1v) is 6.11. The summed E-state index contributed by atoms with van der Waals surface area (Å²) in [4.78, 5) is 22.0. The van der Waals surface area contributed by atoms with Crippen molar-refractivity contribution in [3.05, 3.63) is 18.1 Å². The summed E-state index contributed by atoms with van der Waals surface area (Å²) in [5.41, 5.74) is 0.867. The molecule has 1 aromatic heterocycles. The summed E-state index contributed by atoms with van der Waals surface area (Å²) in [6.07, 6.45) is 4.43. The van der Waals surface area contributed by atoms with E-state index in [2.05, 4.69) is 32.4 Å². The molecule has 0 fully saturated rings. The fourth-order valence-electron chi connectivity index (χ4n) is 1.61. The van der Waals surface area contributed by atoms with Crippen LogP contribution in [-0.4, -0.2) is 48.0 Å². The Morgan fingerprint density at radius 1 is 1.33 bits per heavy atom. The Kier molecular flexibility index (Phi) is 6.07. The van der Waals surface area contributed by atoms with Crippen molar-refractivity contribution in [1.29, 1.82) is 0 Å². The molecule has 0 aliphatic rings. The zero-order valence-electron chi connectivity index (χ0n) is 11.2. The van der Waals surface area contributed by atoms with E-state index in [1.807, 2.05) is 0 Å². The number of hydrogen-bond acceptors (Lipinski definition) is 5. The van der Waals surface area contributed by atoms with Gasteiger partial charge in [-0.3, -0.25) is 14.7 Å². The van der Waals surface area contributed by atoms with Crippen LogP contribution in [0.1, 0.15) is 19.0 Å². The molecule has 6 heteroatoms. The molecule has 0 bridgehead atoms. The van der Waals surface area contributed by atoms with Crippen LogP contribution in [0.5, 0.6) is 0 Å². The highest BCUT2D eigenvalue weighted by molar-refractivity contribution is 5.77. The van der Waals surface area contributed by atoms with Gasteiger partial charge in [0.25, 0.3) is 0 Å². The molecule has 1 aromatic rings. The van der Waals surface area contributed by atoms with E-state index in [0.29, 0.717) is 13.1 Å². The van der Waals surface area contributed by atoms with Gasteiger partial charge in [-0.2, -0.15) is 0 Å². The van der Waals surface area contributed by atoms with Gasteiger partial charge < -0.3 is 10.6 Å². The minimum Gasteiger partial charge on any atom is -0.372 e. The molecule has 0 radical (unpaired) electrons. The maximum atomic E-state index is 11.4. The Morgan fingerprint density at radius 2 is 2.11 bits per heavy atom. The topological polar surface area (TPSA) is 70.2 Å². The zero-order chi connectivity index (χ0) is 13.4. The van der Waals surface area contributed by atoms with Crippen molar-refractivity contribution in [1.82, 2.24) is 20.2 Å². The molecule has 2 N–H and O–H groups in total. The number of carbonyl (C=O) groups is 1. The first-order chi connectivity index (χ1) is 8.69. The van der Waals surface area contributed by atoms with E-state index in [1.165, 1.54) is 0 Å². The maximum absolute atomic E-state index is 11.4. The Bertz CT molecular complexity index is 365. The molecule has 0 spiro atoms. The smallest absolute Gasteiger partial charge is 0.233 e. The highest BCUT2D eigenvalue weighted by atomic mass is 16.1. The van der Waals surface area contributed by atoms with Gasteiger partial charge in [-0.1, -0.05) is 6.92 Å². The number of nitrogens with zero attached hydrogens (tertiary/aromatic N) is 3. The predicted molar refractivity (Wildman–Crippen MR) is 71.2 cm³/mol. The van der Waals surface area contributed by atoms with Crippen LogP contribution in [0, 0.1) is 0 Å². The van der Waals surface area contributed by atoms with Crippen molar-refractivity contribution in [2.45, 2.75) is 19.9 Å². The summed E-state index contributed by atoms with van der Waals surface area (Å²) in [5.74, 6) is 0.760. The normalized spacial score (nSPS) is 10.4. The summed E-state index contributed by atoms with van der Waals surface area (Å²) >= 11 is 0. The molecule has 6 nitrogen and oxygen atoms in total. The molecule has 0 aromatic carbocycles. The van der Waals surface area contributed by atoms with Gasteiger partial charge in [0, 0.05) is 20.6 Å². The van der Waals surface area contributed by atoms with E-state index in [1.54, 1.807) is 26.5 Å². The average molecular weight is 251 g/mol. The van der Waals surface area contributed by atoms with E-state index in [4.69, 9.17) is 0 Å². The van der Waals surface area contributed by atoms with E-state index >= 15 is 0 Å². The van der Waals surface area contributed by atoms with Crippen LogP contribution in [0.4, 0.5) is 5.82 Å². The Hall–Kier alpha value is -1.69. The maximum Gasteiger partial charge on any atom is 0.233 e. The van der Waals surface area contributed by atoms with E-state index in [9.17, 15) is 4.79 Å². The van der Waals surface area contributed by atoms with Gasteiger partial charge in [-0.25, -0.2) is 4.98 Å². The van der Waals surface area contributed by atoms with Gasteiger partial charge in [0.15, 0.2) is 0 Å². The lowest BCUT2D eigenvalue weighted by Gasteiger charge is -2.20. The van der Waals surface area contributed by atoms with E-state index < -0.39 is 0 Å². The van der Waals surface area contributed by atoms with Crippen LogP contribution in [0.25, 0.3) is 0 Å². The molecule has 100 valence electrons. The summed E-state index contributed by atoms with van der Waals surface area (Å²) in [5, 5.41) is 5.55. The fourth-order valence-corrected chi connectivity index (χ4v) is 1.61. The van der Waals surface area contributed by atoms with Crippen LogP contribution >= 0.6 is 0 Å². The van der Waals surface area contributed by atoms with Gasteiger partial charge >= 0.3 is 0 Å². The summed E-state index contributed by atoms with van der Waals surface area (Å²) in [6, 6.07) is 0. The van der Waals surface area contributed by atoms with Crippen LogP contribution in [0.15, 0.2) is 12.4 Å². The molecule has 1 heterocycles. The first-order valence-electron chi connectivity index (χ1n) is 6.11. The van der Waals surface area contributed by atoms with Crippen molar-refractivity contribution < 1.29 is 4.79 Å². The SMILES string of the molecule is CCCN(CC(=O)NC)Cc1cnc(NC)cn1. The predicted octanol–water partition coefficient (Wildman–Crippen LogP) is 0.476. The number of anilines is 1. The molecular weight excluding hydrogens is 230 g/mol. The Morgan fingerprint density at radius 3 is 2.61 bits per heavy atom. The molecule has 0 saturated heterocycles. The standard InChI is InChI=1S/C12H21N5O/c1-4-5-17(9-12(18)14-3)8-10-6-16-11(13-2)7-15-10/h6-7H,4-5,8-9H2,1-3H3,(H,13,16)(H,14,18). The van der Waals surface area contributed by atoms with Crippen molar-refractivity contribution in [3.8, 4) is 0 Å². The van der Waals surface area contributed by atoms with Crippen molar-refractivity contribution in [3.63, 3.8) is 0 Å². The van der Waals surface area contributed by atoms with E-state index in [0.717, 1.165) is 24.5 Å². The third-order valence-electron chi connectivity index (χ3n) is 2.53. The second-order valence-electron chi connectivity index (χ2n) is 4.03. The minimum absolute atomic E-state index is 0.0169. The molecule has 0 atom stereocenters. The highest BCUT2D eigenvalue weighted by Gasteiger charge is 2.10. The third-order valence-corrected chi connectivity index (χ3v) is 2.53. The van der Waals surface area contributed by atoms with Gasteiger partial charge in [-0.15, -0.1) is 0 Å². The summed E-state index contributed by atoms with van der Waals surface area (Å²) < 4.78 is 0. The zero-order valence-corrected chi connectivity index (χ0v) is 11.2. The van der Waals surface area contributed by atoms with Gasteiger partial charge in [0.2, 0.25) is 5.91 Å². The highest BCUT2D eigenvalue weighted by Crippen LogP contribution is 2.04. The summed E-state index contributed by atoms with van der Waals surface area (Å²) in [6.45, 7) is 3.98. The van der Waals surface area contributed by atoms with Crippen molar-refractivity contribution in [2.75, 3.05) is 32.5 Å². The number of amides is 1. The molecule has 1 amide bonds. The monoisotopic (exact) mass is 251 g/mol. The van der Waals surface area contributed by atoms with Crippen molar-refractivity contribution in [2.24, 2.45) is 0 Å². The lowest BCUT2D eigenvalue weighted by atomic mass is 10.3. The largest absolute Gasteiger partial charge is 0.372 e. The number of aromatic nitrogens is 2. The number of carbonyl (C=O) groups excluding carboxylic acids is 1. The fraction of sp³-hybridized carbons (Fsp3) is 0.583. The first kappa shape index (κ1) is 14.4. The van der Waals surface area contributed by atoms with Crippen LogP contribution < -0.4 is 10.6 Å². The molecule has 0 saturated carbocycles. The average Bonchev–Trinajstić information content (AvgIpc) is 2.39. The Balaban J connectivity index is 2.60. The molecule has 18 heavy (non-hydrogen) atoms. The number of rotatable bonds is 7. The second-order valence-corrected chi connectivity index (χ2v) is 4.03. The quantitative estimate of drug-likeness (QED) is 0.737. The van der Waals surface area contributed by atoms with Crippen LogP contribution in [0.2, 0.25) is 0 Å². The lowest BCUT2D eigenvalue weighted by Crippen LogP contribution is -2.35. The number of hydrogen-bond donors (Lipinski definition) is 2. The van der Waals surface area contributed by atoms with E-state index in [-0.39, 0.29) is 5.91 Å². The number of likely N-dealkylation sites (N-methyl/N-ethyl adjacent to an activating group) is 1. The minimum atomic E-state index is 0.0169. The van der Waals surface area contributed by atoms with Crippen LogP contribution in [-0.2, 0) is 11.3 Å².